The quantitative estimate of drug-likeness (QED) is 0.696. The summed E-state index contributed by atoms with van der Waals surface area (Å²) in [5.74, 6) is 1.07. The van der Waals surface area contributed by atoms with Crippen molar-refractivity contribution in [2.75, 3.05) is 62.7 Å². The molecule has 178 valence electrons. The van der Waals surface area contributed by atoms with E-state index in [-0.39, 0.29) is 0 Å². The van der Waals surface area contributed by atoms with E-state index in [1.54, 1.807) is 0 Å². The number of piperazine rings is 1. The number of aromatic nitrogens is 2. The summed E-state index contributed by atoms with van der Waals surface area (Å²) in [6.45, 7) is 9.54. The molecule has 0 bridgehead atoms. The lowest BCUT2D eigenvalue weighted by atomic mass is 10.0. The van der Waals surface area contributed by atoms with Crippen LogP contribution in [0.4, 0.5) is 11.5 Å². The molecule has 2 saturated heterocycles. The molecule has 8 heteroatoms. The van der Waals surface area contributed by atoms with Crippen LogP contribution in [0.2, 0.25) is 5.02 Å². The maximum Gasteiger partial charge on any atom is 0.318 e. The average Bonchev–Trinajstić information content (AvgIpc) is 3.26. The number of ether oxygens (including phenoxy) is 1. The number of rotatable bonds is 6. The molecule has 1 N–H and O–H groups in total. The molecule has 2 fully saturated rings. The fourth-order valence-electron chi connectivity index (χ4n) is 5.35. The lowest BCUT2D eigenvalue weighted by Crippen LogP contribution is -2.45. The van der Waals surface area contributed by atoms with Crippen molar-refractivity contribution in [2.24, 2.45) is 0 Å². The van der Waals surface area contributed by atoms with E-state index >= 15 is 0 Å². The van der Waals surface area contributed by atoms with Crippen LogP contribution in [-0.4, -0.2) is 73.8 Å². The number of nitrogens with zero attached hydrogens (tertiary/aromatic N) is 5. The van der Waals surface area contributed by atoms with Crippen molar-refractivity contribution >= 4 is 23.1 Å². The van der Waals surface area contributed by atoms with Crippen LogP contribution in [0, 0.1) is 0 Å². The number of hydrogen-bond donors (Lipinski definition) is 1. The third-order valence-corrected chi connectivity index (χ3v) is 7.66. The van der Waals surface area contributed by atoms with Gasteiger partial charge in [0.2, 0.25) is 0 Å². The minimum absolute atomic E-state index is 0.447. The van der Waals surface area contributed by atoms with Gasteiger partial charge in [0.15, 0.2) is 0 Å². The van der Waals surface area contributed by atoms with Gasteiger partial charge in [0.1, 0.15) is 12.4 Å². The van der Waals surface area contributed by atoms with E-state index in [4.69, 9.17) is 26.3 Å². The highest BCUT2D eigenvalue weighted by Gasteiger charge is 2.28. The van der Waals surface area contributed by atoms with Crippen LogP contribution in [0.5, 0.6) is 6.01 Å². The van der Waals surface area contributed by atoms with E-state index in [2.05, 4.69) is 40.1 Å². The van der Waals surface area contributed by atoms with Crippen molar-refractivity contribution < 1.29 is 4.74 Å². The van der Waals surface area contributed by atoms with Crippen LogP contribution in [0.25, 0.3) is 0 Å². The molecule has 0 saturated carbocycles. The second kappa shape index (κ2) is 10.0. The minimum atomic E-state index is 0.447. The number of fused-ring (bicyclic) bond motifs is 1. The van der Waals surface area contributed by atoms with Crippen LogP contribution in [0.15, 0.2) is 18.2 Å². The SMILES string of the molecule is CCc1c(Cl)cccc1N1CCc2c(nc(OC[C@@H]3CCCN3C)nc2N2CCNCC2)C1. The van der Waals surface area contributed by atoms with E-state index < -0.39 is 0 Å². The van der Waals surface area contributed by atoms with Crippen molar-refractivity contribution in [3.05, 3.63) is 40.0 Å². The standard InChI is InChI=1S/C25H35ClN6O/c1-3-19-21(26)7-4-8-23(19)32-13-9-20-22(16-32)28-25(33-17-18-6-5-12-30(18)2)29-24(20)31-14-10-27-11-15-31/h4,7-8,18,27H,3,5-6,9-17H2,1-2H3/t18-/m0/s1. The zero-order valence-corrected chi connectivity index (χ0v) is 20.6. The summed E-state index contributed by atoms with van der Waals surface area (Å²) in [7, 11) is 2.18. The highest BCUT2D eigenvalue weighted by Crippen LogP contribution is 2.34. The van der Waals surface area contributed by atoms with E-state index in [1.807, 2.05) is 12.1 Å². The van der Waals surface area contributed by atoms with Crippen molar-refractivity contribution in [3.63, 3.8) is 0 Å². The summed E-state index contributed by atoms with van der Waals surface area (Å²) < 4.78 is 6.22. The van der Waals surface area contributed by atoms with Gasteiger partial charge in [-0.25, -0.2) is 0 Å². The average molecular weight is 471 g/mol. The van der Waals surface area contributed by atoms with Gasteiger partial charge in [-0.1, -0.05) is 24.6 Å². The van der Waals surface area contributed by atoms with Crippen LogP contribution >= 0.6 is 11.6 Å². The molecule has 0 radical (unpaired) electrons. The number of anilines is 2. The molecule has 3 aliphatic rings. The smallest absolute Gasteiger partial charge is 0.318 e. The second-order valence-corrected chi connectivity index (χ2v) is 9.75. The monoisotopic (exact) mass is 470 g/mol. The highest BCUT2D eigenvalue weighted by atomic mass is 35.5. The van der Waals surface area contributed by atoms with Crippen molar-refractivity contribution in [2.45, 2.75) is 45.2 Å². The Labute approximate surface area is 202 Å². The Morgan fingerprint density at radius 3 is 2.73 bits per heavy atom. The molecular weight excluding hydrogens is 436 g/mol. The summed E-state index contributed by atoms with van der Waals surface area (Å²) in [6.07, 6.45) is 4.25. The molecular formula is C25H35ClN6O. The molecule has 4 heterocycles. The zero-order chi connectivity index (χ0) is 22.8. The third-order valence-electron chi connectivity index (χ3n) is 7.30. The largest absolute Gasteiger partial charge is 0.462 e. The first-order valence-corrected chi connectivity index (χ1v) is 12.7. The number of benzene rings is 1. The number of hydrogen-bond acceptors (Lipinski definition) is 7. The Kier molecular flexibility index (Phi) is 6.90. The number of likely N-dealkylation sites (tertiary alicyclic amines) is 1. The van der Waals surface area contributed by atoms with Gasteiger partial charge < -0.3 is 24.8 Å². The molecule has 7 nitrogen and oxygen atoms in total. The Morgan fingerprint density at radius 2 is 1.97 bits per heavy atom. The van der Waals surface area contributed by atoms with E-state index in [9.17, 15) is 0 Å². The summed E-state index contributed by atoms with van der Waals surface area (Å²) in [5, 5.41) is 4.29. The van der Waals surface area contributed by atoms with E-state index in [1.165, 1.54) is 29.7 Å². The highest BCUT2D eigenvalue weighted by molar-refractivity contribution is 6.31. The van der Waals surface area contributed by atoms with E-state index in [0.717, 1.165) is 75.2 Å². The second-order valence-electron chi connectivity index (χ2n) is 9.34. The molecule has 1 aromatic heterocycles. The summed E-state index contributed by atoms with van der Waals surface area (Å²) in [6, 6.07) is 7.18. The predicted octanol–water partition coefficient (Wildman–Crippen LogP) is 3.14. The number of nitrogens with one attached hydrogen (secondary N) is 1. The lowest BCUT2D eigenvalue weighted by Gasteiger charge is -2.36. The van der Waals surface area contributed by atoms with Gasteiger partial charge in [-0.15, -0.1) is 0 Å². The molecule has 3 aliphatic heterocycles. The maximum atomic E-state index is 6.53. The van der Waals surface area contributed by atoms with Crippen LogP contribution in [0.1, 0.15) is 36.6 Å². The Morgan fingerprint density at radius 1 is 1.12 bits per heavy atom. The summed E-state index contributed by atoms with van der Waals surface area (Å²) in [4.78, 5) is 17.1. The topological polar surface area (TPSA) is 56.8 Å². The normalized spacial score (nSPS) is 21.4. The molecule has 2 aromatic rings. The van der Waals surface area contributed by atoms with Crippen molar-refractivity contribution in [1.82, 2.24) is 20.2 Å². The molecule has 1 atom stereocenters. The first-order valence-electron chi connectivity index (χ1n) is 12.3. The van der Waals surface area contributed by atoms with Gasteiger partial charge in [0, 0.05) is 55.0 Å². The van der Waals surface area contributed by atoms with Gasteiger partial charge >= 0.3 is 6.01 Å². The number of halogens is 1. The Balaban J connectivity index is 1.44. The van der Waals surface area contributed by atoms with Gasteiger partial charge in [0.25, 0.3) is 0 Å². The van der Waals surface area contributed by atoms with Gasteiger partial charge in [-0.3, -0.25) is 0 Å². The molecule has 0 unspecified atom stereocenters. The molecule has 0 aliphatic carbocycles. The number of likely N-dealkylation sites (N-methyl/N-ethyl adjacent to an activating group) is 1. The first kappa shape index (κ1) is 22.7. The fourth-order valence-corrected chi connectivity index (χ4v) is 5.65. The molecule has 5 rings (SSSR count). The Bertz CT molecular complexity index is 980. The molecule has 0 amide bonds. The van der Waals surface area contributed by atoms with Crippen LogP contribution in [-0.2, 0) is 19.4 Å². The Hall–Kier alpha value is -2.09. The van der Waals surface area contributed by atoms with Gasteiger partial charge in [0.05, 0.1) is 12.2 Å². The maximum absolute atomic E-state index is 6.53. The van der Waals surface area contributed by atoms with Gasteiger partial charge in [-0.05, 0) is 57.0 Å². The lowest BCUT2D eigenvalue weighted by molar-refractivity contribution is 0.187. The third kappa shape index (κ3) is 4.77. The van der Waals surface area contributed by atoms with Crippen molar-refractivity contribution in [1.29, 1.82) is 0 Å². The molecule has 33 heavy (non-hydrogen) atoms. The minimum Gasteiger partial charge on any atom is -0.462 e. The zero-order valence-electron chi connectivity index (χ0n) is 19.8. The first-order chi connectivity index (χ1) is 16.1. The summed E-state index contributed by atoms with van der Waals surface area (Å²) in [5.41, 5.74) is 4.79. The summed E-state index contributed by atoms with van der Waals surface area (Å²) >= 11 is 6.53. The fraction of sp³-hybridized carbons (Fsp3) is 0.600. The predicted molar refractivity (Wildman–Crippen MR) is 134 cm³/mol. The van der Waals surface area contributed by atoms with Gasteiger partial charge in [-0.2, -0.15) is 9.97 Å². The molecule has 0 spiro atoms. The molecule has 1 aromatic carbocycles. The van der Waals surface area contributed by atoms with Crippen LogP contribution < -0.4 is 19.9 Å². The van der Waals surface area contributed by atoms with Crippen molar-refractivity contribution in [3.8, 4) is 6.01 Å². The van der Waals surface area contributed by atoms with Crippen LogP contribution in [0.3, 0.4) is 0 Å². The van der Waals surface area contributed by atoms with E-state index in [0.29, 0.717) is 18.7 Å².